The average Bonchev–Trinajstić information content (AvgIpc) is 3.59. The summed E-state index contributed by atoms with van der Waals surface area (Å²) in [6.07, 6.45) is 7.15. The highest BCUT2D eigenvalue weighted by Gasteiger charge is 2.43. The fourth-order valence-electron chi connectivity index (χ4n) is 5.97. The van der Waals surface area contributed by atoms with Crippen LogP contribution in [0, 0.1) is 6.92 Å². The van der Waals surface area contributed by atoms with Crippen LogP contribution in [0.4, 0.5) is 14.6 Å². The molecule has 1 aromatic carbocycles. The molecule has 0 amide bonds. The molecule has 6 rings (SSSR count). The van der Waals surface area contributed by atoms with Gasteiger partial charge in [-0.3, -0.25) is 0 Å². The van der Waals surface area contributed by atoms with Gasteiger partial charge in [-0.05, 0) is 69.2 Å². The van der Waals surface area contributed by atoms with Crippen molar-refractivity contribution in [2.75, 3.05) is 4.90 Å². The summed E-state index contributed by atoms with van der Waals surface area (Å²) < 4.78 is 43.0. The monoisotopic (exact) mass is 525 g/mol. The Hall–Kier alpha value is -3.53. The standard InChI is InChI=1S/C28H29F2N3O5/c1-15-10-17(27(34)35)13-31-26(15)33-18-8-9-19(33)12-20(11-18)36-14-22-24(32-38-25(22)16-6-7-16)21-4-2-3-5-23(21)37-28(29)30/h2-5,10,13,16,18-20,28H,6-9,11-12,14H2,1H3,(H,34,35)/t18-,19?,20?/m0/s1. The van der Waals surface area contributed by atoms with Crippen molar-refractivity contribution in [2.24, 2.45) is 0 Å². The van der Waals surface area contributed by atoms with Crippen molar-refractivity contribution < 1.29 is 32.7 Å². The number of anilines is 1. The number of benzene rings is 1. The van der Waals surface area contributed by atoms with Crippen molar-refractivity contribution in [3.05, 3.63) is 59.0 Å². The molecule has 10 heteroatoms. The number of aromatic carboxylic acids is 1. The summed E-state index contributed by atoms with van der Waals surface area (Å²) in [7, 11) is 0. The van der Waals surface area contributed by atoms with E-state index in [0.29, 0.717) is 11.3 Å². The van der Waals surface area contributed by atoms with Crippen LogP contribution in [-0.2, 0) is 11.3 Å². The molecule has 1 N–H and O–H groups in total. The number of rotatable bonds is 9. The Morgan fingerprint density at radius 2 is 1.92 bits per heavy atom. The lowest BCUT2D eigenvalue weighted by Gasteiger charge is -2.40. The minimum atomic E-state index is -2.94. The van der Waals surface area contributed by atoms with Crippen LogP contribution in [-0.4, -0.2) is 46.0 Å². The third-order valence-electron chi connectivity index (χ3n) is 7.82. The van der Waals surface area contributed by atoms with E-state index < -0.39 is 12.6 Å². The number of halogens is 2. The molecule has 4 heterocycles. The molecule has 1 aliphatic carbocycles. The molecule has 3 atom stereocenters. The second-order valence-corrected chi connectivity index (χ2v) is 10.4. The maximum atomic E-state index is 13.0. The number of pyridine rings is 1. The van der Waals surface area contributed by atoms with Crippen LogP contribution in [0.25, 0.3) is 11.3 Å². The number of aromatic nitrogens is 2. The first-order valence-corrected chi connectivity index (χ1v) is 13.0. The summed E-state index contributed by atoms with van der Waals surface area (Å²) >= 11 is 0. The molecule has 2 unspecified atom stereocenters. The van der Waals surface area contributed by atoms with Crippen molar-refractivity contribution in [1.82, 2.24) is 10.1 Å². The maximum Gasteiger partial charge on any atom is 0.387 e. The van der Waals surface area contributed by atoms with E-state index in [9.17, 15) is 18.7 Å². The van der Waals surface area contributed by atoms with Crippen LogP contribution in [0.5, 0.6) is 5.75 Å². The summed E-state index contributed by atoms with van der Waals surface area (Å²) in [5, 5.41) is 13.5. The molecule has 0 radical (unpaired) electrons. The normalized spacial score (nSPS) is 22.7. The summed E-state index contributed by atoms with van der Waals surface area (Å²) in [5.74, 6) is 0.963. The van der Waals surface area contributed by atoms with E-state index in [1.807, 2.05) is 6.92 Å². The van der Waals surface area contributed by atoms with E-state index in [1.54, 1.807) is 24.3 Å². The van der Waals surface area contributed by atoms with Gasteiger partial charge in [0.15, 0.2) is 0 Å². The summed E-state index contributed by atoms with van der Waals surface area (Å²) in [5.41, 5.74) is 2.79. The minimum Gasteiger partial charge on any atom is -0.478 e. The molecule has 3 aromatic rings. The molecule has 3 fully saturated rings. The average molecular weight is 526 g/mol. The van der Waals surface area contributed by atoms with E-state index in [4.69, 9.17) is 14.0 Å². The van der Waals surface area contributed by atoms with Gasteiger partial charge in [0, 0.05) is 35.3 Å². The second kappa shape index (κ2) is 9.98. The highest BCUT2D eigenvalue weighted by molar-refractivity contribution is 5.87. The van der Waals surface area contributed by atoms with Gasteiger partial charge in [0.1, 0.15) is 23.0 Å². The van der Waals surface area contributed by atoms with Crippen molar-refractivity contribution in [1.29, 1.82) is 0 Å². The van der Waals surface area contributed by atoms with Gasteiger partial charge in [-0.1, -0.05) is 17.3 Å². The molecule has 1 saturated carbocycles. The smallest absolute Gasteiger partial charge is 0.387 e. The molecule has 2 bridgehead atoms. The van der Waals surface area contributed by atoms with Crippen LogP contribution in [0.2, 0.25) is 0 Å². The van der Waals surface area contributed by atoms with Gasteiger partial charge >= 0.3 is 12.6 Å². The zero-order valence-electron chi connectivity index (χ0n) is 21.0. The highest BCUT2D eigenvalue weighted by atomic mass is 19.3. The lowest BCUT2D eigenvalue weighted by molar-refractivity contribution is -0.0494. The number of fused-ring (bicyclic) bond motifs is 2. The Morgan fingerprint density at radius 3 is 2.58 bits per heavy atom. The molecule has 3 aliphatic rings. The highest BCUT2D eigenvalue weighted by Crippen LogP contribution is 2.46. The molecule has 0 spiro atoms. The number of alkyl halides is 2. The first kappa shape index (κ1) is 24.8. The van der Waals surface area contributed by atoms with Gasteiger partial charge in [0.25, 0.3) is 0 Å². The van der Waals surface area contributed by atoms with Crippen molar-refractivity contribution in [2.45, 2.75) is 82.8 Å². The number of carboxylic acid groups (broad SMARTS) is 1. The lowest BCUT2D eigenvalue weighted by atomic mass is 9.98. The first-order valence-electron chi connectivity index (χ1n) is 13.0. The van der Waals surface area contributed by atoms with Gasteiger partial charge in [-0.15, -0.1) is 0 Å². The van der Waals surface area contributed by atoms with Gasteiger partial charge in [0.2, 0.25) is 0 Å². The van der Waals surface area contributed by atoms with E-state index in [0.717, 1.165) is 61.2 Å². The molecular weight excluding hydrogens is 496 g/mol. The number of ether oxygens (including phenoxy) is 2. The summed E-state index contributed by atoms with van der Waals surface area (Å²) in [6.45, 7) is -0.758. The maximum absolute atomic E-state index is 13.0. The predicted molar refractivity (Wildman–Crippen MR) is 134 cm³/mol. The van der Waals surface area contributed by atoms with Gasteiger partial charge in [-0.2, -0.15) is 8.78 Å². The number of nitrogens with zero attached hydrogens (tertiary/aromatic N) is 3. The SMILES string of the molecule is Cc1cc(C(=O)O)cnc1N1C2CC[C@H]1CC(OCc1c(-c3ccccc3OC(F)F)noc1C1CC1)C2. The minimum absolute atomic E-state index is 0.0182. The number of carboxylic acids is 1. The van der Waals surface area contributed by atoms with Crippen LogP contribution in [0.3, 0.4) is 0 Å². The molecule has 200 valence electrons. The van der Waals surface area contributed by atoms with E-state index in [2.05, 4.69) is 15.0 Å². The number of hydrogen-bond acceptors (Lipinski definition) is 7. The fourth-order valence-corrected chi connectivity index (χ4v) is 5.97. The zero-order valence-corrected chi connectivity index (χ0v) is 21.0. The zero-order chi connectivity index (χ0) is 26.4. The number of carbonyl (C=O) groups is 1. The molecule has 2 aliphatic heterocycles. The molecular formula is C28H29F2N3O5. The Labute approximate surface area is 218 Å². The Morgan fingerprint density at radius 1 is 1.18 bits per heavy atom. The second-order valence-electron chi connectivity index (χ2n) is 10.4. The largest absolute Gasteiger partial charge is 0.478 e. The Bertz CT molecular complexity index is 1330. The van der Waals surface area contributed by atoms with Gasteiger partial charge in [-0.25, -0.2) is 9.78 Å². The third kappa shape index (κ3) is 4.73. The van der Waals surface area contributed by atoms with Gasteiger partial charge in [0.05, 0.1) is 18.3 Å². The number of piperidine rings is 1. The number of para-hydroxylation sites is 1. The van der Waals surface area contributed by atoms with Crippen LogP contribution >= 0.6 is 0 Å². The van der Waals surface area contributed by atoms with E-state index >= 15 is 0 Å². The lowest BCUT2D eigenvalue weighted by Crippen LogP contribution is -2.46. The van der Waals surface area contributed by atoms with Crippen LogP contribution in [0.1, 0.15) is 71.7 Å². The topological polar surface area (TPSA) is 97.9 Å². The quantitative estimate of drug-likeness (QED) is 0.367. The van der Waals surface area contributed by atoms with Crippen molar-refractivity contribution in [3.8, 4) is 17.0 Å². The van der Waals surface area contributed by atoms with Crippen LogP contribution in [0.15, 0.2) is 41.1 Å². The Balaban J connectivity index is 1.20. The van der Waals surface area contributed by atoms with E-state index in [1.165, 1.54) is 12.3 Å². The predicted octanol–water partition coefficient (Wildman–Crippen LogP) is 5.94. The molecule has 8 nitrogen and oxygen atoms in total. The molecule has 2 saturated heterocycles. The van der Waals surface area contributed by atoms with E-state index in [-0.39, 0.29) is 42.0 Å². The third-order valence-corrected chi connectivity index (χ3v) is 7.82. The number of aryl methyl sites for hydroxylation is 1. The van der Waals surface area contributed by atoms with Crippen molar-refractivity contribution in [3.63, 3.8) is 0 Å². The summed E-state index contributed by atoms with van der Waals surface area (Å²) in [6, 6.07) is 8.81. The first-order chi connectivity index (χ1) is 18.4. The number of hydrogen-bond donors (Lipinski definition) is 1. The molecule has 2 aromatic heterocycles. The summed E-state index contributed by atoms with van der Waals surface area (Å²) in [4.78, 5) is 18.2. The van der Waals surface area contributed by atoms with Crippen molar-refractivity contribution >= 4 is 11.8 Å². The molecule has 38 heavy (non-hydrogen) atoms. The Kier molecular flexibility index (Phi) is 6.51. The van der Waals surface area contributed by atoms with Gasteiger partial charge < -0.3 is 24.0 Å². The van der Waals surface area contributed by atoms with Crippen LogP contribution < -0.4 is 9.64 Å². The fraction of sp³-hybridized carbons (Fsp3) is 0.464.